The molecule has 22 heavy (non-hydrogen) atoms. The van der Waals surface area contributed by atoms with Crippen LogP contribution in [0.5, 0.6) is 0 Å². The predicted octanol–water partition coefficient (Wildman–Crippen LogP) is 2.52. The largest absolute Gasteiger partial charge is 0.316 e. The van der Waals surface area contributed by atoms with Gasteiger partial charge in [-0.25, -0.2) is 4.39 Å². The maximum absolute atomic E-state index is 13.2. The molecular formula is C17H19FN3S+. The van der Waals surface area contributed by atoms with E-state index in [-0.39, 0.29) is 5.82 Å². The van der Waals surface area contributed by atoms with Crippen molar-refractivity contribution in [1.29, 1.82) is 5.26 Å². The van der Waals surface area contributed by atoms with Crippen molar-refractivity contribution in [2.75, 3.05) is 7.05 Å². The Morgan fingerprint density at radius 1 is 1.32 bits per heavy atom. The smallest absolute Gasteiger partial charge is 0.157 e. The number of halogens is 1. The maximum atomic E-state index is 13.2. The van der Waals surface area contributed by atoms with Crippen LogP contribution in [0, 0.1) is 35.6 Å². The first-order chi connectivity index (χ1) is 10.4. The number of pyridine rings is 1. The zero-order chi connectivity index (χ0) is 16.3. The average Bonchev–Trinajstić information content (AvgIpc) is 2.43. The number of aryl methyl sites for hydroxylation is 2. The maximum Gasteiger partial charge on any atom is 0.157 e. The molecule has 1 heterocycles. The Morgan fingerprint density at radius 2 is 2.05 bits per heavy atom. The summed E-state index contributed by atoms with van der Waals surface area (Å²) in [5, 5.41) is 9.24. The second kappa shape index (κ2) is 6.82. The molecule has 0 fully saturated rings. The van der Waals surface area contributed by atoms with Crippen molar-refractivity contribution < 1.29 is 9.29 Å². The van der Waals surface area contributed by atoms with Crippen LogP contribution in [-0.2, 0) is 13.2 Å². The second-order valence-electron chi connectivity index (χ2n) is 5.61. The van der Waals surface area contributed by atoms with Crippen LogP contribution in [0.4, 0.5) is 4.39 Å². The topological polar surface area (TPSA) is 33.2 Å². The molecule has 1 aromatic heterocycles. The molecule has 5 heteroatoms. The molecule has 0 saturated heterocycles. The van der Waals surface area contributed by atoms with E-state index in [1.807, 2.05) is 37.6 Å². The zero-order valence-corrected chi connectivity index (χ0v) is 13.8. The molecule has 114 valence electrons. The number of nitrogens with one attached hydrogen (secondary N) is 1. The lowest BCUT2D eigenvalue weighted by Crippen LogP contribution is -3.07. The van der Waals surface area contributed by atoms with Gasteiger partial charge in [-0.05, 0) is 37.6 Å². The van der Waals surface area contributed by atoms with Crippen molar-refractivity contribution in [3.8, 4) is 6.07 Å². The summed E-state index contributed by atoms with van der Waals surface area (Å²) in [5.41, 5.74) is 3.43. The summed E-state index contributed by atoms with van der Waals surface area (Å²) in [6.07, 6.45) is 0. The summed E-state index contributed by atoms with van der Waals surface area (Å²) in [6.45, 7) is 5.21. The molecule has 0 saturated carbocycles. The van der Waals surface area contributed by atoms with Crippen LogP contribution in [0.25, 0.3) is 0 Å². The van der Waals surface area contributed by atoms with E-state index in [4.69, 9.17) is 12.2 Å². The fraction of sp³-hybridized carbons (Fsp3) is 0.294. The Bertz CT molecular complexity index is 789. The quantitative estimate of drug-likeness (QED) is 0.879. The van der Waals surface area contributed by atoms with Crippen LogP contribution in [0.2, 0.25) is 0 Å². The molecule has 0 aliphatic rings. The Hall–Kier alpha value is -2.03. The van der Waals surface area contributed by atoms with Gasteiger partial charge in [0.05, 0.1) is 12.6 Å². The fourth-order valence-corrected chi connectivity index (χ4v) is 3.00. The molecule has 1 N–H and O–H groups in total. The van der Waals surface area contributed by atoms with Crippen molar-refractivity contribution >= 4 is 12.2 Å². The fourth-order valence-electron chi connectivity index (χ4n) is 2.58. The van der Waals surface area contributed by atoms with E-state index in [1.165, 1.54) is 6.07 Å². The lowest BCUT2D eigenvalue weighted by molar-refractivity contribution is -0.917. The summed E-state index contributed by atoms with van der Waals surface area (Å²) < 4.78 is 15.8. The van der Waals surface area contributed by atoms with E-state index in [9.17, 15) is 9.65 Å². The SMILES string of the molecule is Cc1cc(C)n(C[NH+](C)Cc2cccc(F)c2)c(=S)c1C#N. The molecular weight excluding hydrogens is 297 g/mol. The molecule has 1 unspecified atom stereocenters. The van der Waals surface area contributed by atoms with Gasteiger partial charge in [-0.1, -0.05) is 24.4 Å². The minimum Gasteiger partial charge on any atom is -0.316 e. The summed E-state index contributed by atoms with van der Waals surface area (Å²) in [6, 6.07) is 10.8. The summed E-state index contributed by atoms with van der Waals surface area (Å²) >= 11 is 5.44. The van der Waals surface area contributed by atoms with Crippen molar-refractivity contribution in [3.63, 3.8) is 0 Å². The summed E-state index contributed by atoms with van der Waals surface area (Å²) in [7, 11) is 2.03. The van der Waals surface area contributed by atoms with Crippen molar-refractivity contribution in [1.82, 2.24) is 4.57 Å². The van der Waals surface area contributed by atoms with Gasteiger partial charge in [-0.15, -0.1) is 0 Å². The van der Waals surface area contributed by atoms with E-state index in [0.717, 1.165) is 21.7 Å². The molecule has 0 radical (unpaired) electrons. The van der Waals surface area contributed by atoms with Crippen molar-refractivity contribution in [2.45, 2.75) is 27.1 Å². The highest BCUT2D eigenvalue weighted by atomic mass is 32.1. The highest BCUT2D eigenvalue weighted by Crippen LogP contribution is 2.12. The van der Waals surface area contributed by atoms with Gasteiger partial charge in [0, 0.05) is 11.3 Å². The van der Waals surface area contributed by atoms with Gasteiger partial charge < -0.3 is 4.90 Å². The molecule has 1 aromatic carbocycles. The Balaban J connectivity index is 2.24. The van der Waals surface area contributed by atoms with Crippen LogP contribution in [0.3, 0.4) is 0 Å². The van der Waals surface area contributed by atoms with Gasteiger partial charge in [0.25, 0.3) is 0 Å². The third kappa shape index (κ3) is 3.59. The molecule has 2 rings (SSSR count). The summed E-state index contributed by atoms with van der Waals surface area (Å²) in [4.78, 5) is 1.16. The number of rotatable bonds is 4. The van der Waals surface area contributed by atoms with E-state index in [2.05, 4.69) is 6.07 Å². The van der Waals surface area contributed by atoms with Crippen LogP contribution in [-0.4, -0.2) is 11.6 Å². The van der Waals surface area contributed by atoms with E-state index in [0.29, 0.717) is 23.4 Å². The molecule has 0 aliphatic heterocycles. The Labute approximate surface area is 135 Å². The van der Waals surface area contributed by atoms with Crippen LogP contribution < -0.4 is 4.90 Å². The predicted molar refractivity (Wildman–Crippen MR) is 86.4 cm³/mol. The van der Waals surface area contributed by atoms with Crippen LogP contribution in [0.15, 0.2) is 30.3 Å². The lowest BCUT2D eigenvalue weighted by atomic mass is 10.1. The number of benzene rings is 1. The van der Waals surface area contributed by atoms with Crippen molar-refractivity contribution in [3.05, 3.63) is 63.2 Å². The minimum absolute atomic E-state index is 0.222. The Kier molecular flexibility index (Phi) is 5.07. The number of nitrogens with zero attached hydrogens (tertiary/aromatic N) is 2. The van der Waals surface area contributed by atoms with Crippen LogP contribution in [0.1, 0.15) is 22.4 Å². The Morgan fingerprint density at radius 3 is 2.68 bits per heavy atom. The summed E-state index contributed by atoms with van der Waals surface area (Å²) in [5.74, 6) is -0.222. The number of nitriles is 1. The average molecular weight is 316 g/mol. The highest BCUT2D eigenvalue weighted by Gasteiger charge is 2.11. The van der Waals surface area contributed by atoms with Gasteiger partial charge in [-0.3, -0.25) is 4.57 Å². The molecule has 0 spiro atoms. The van der Waals surface area contributed by atoms with Gasteiger partial charge in [0.1, 0.15) is 23.1 Å². The molecule has 3 nitrogen and oxygen atoms in total. The van der Waals surface area contributed by atoms with E-state index < -0.39 is 0 Å². The number of hydrogen-bond acceptors (Lipinski definition) is 2. The van der Waals surface area contributed by atoms with Gasteiger partial charge >= 0.3 is 0 Å². The third-order valence-corrected chi connectivity index (χ3v) is 4.06. The highest BCUT2D eigenvalue weighted by molar-refractivity contribution is 7.71. The van der Waals surface area contributed by atoms with Gasteiger partial charge in [0.2, 0.25) is 0 Å². The first-order valence-electron chi connectivity index (χ1n) is 7.09. The normalized spacial score (nSPS) is 12.0. The van der Waals surface area contributed by atoms with Gasteiger partial charge in [-0.2, -0.15) is 5.26 Å². The van der Waals surface area contributed by atoms with E-state index >= 15 is 0 Å². The first kappa shape index (κ1) is 16.3. The monoisotopic (exact) mass is 316 g/mol. The molecule has 0 amide bonds. The molecule has 0 aliphatic carbocycles. The number of quaternary nitrogens is 1. The van der Waals surface area contributed by atoms with Crippen molar-refractivity contribution in [2.24, 2.45) is 0 Å². The lowest BCUT2D eigenvalue weighted by Gasteiger charge is -2.19. The standard InChI is InChI=1S/C17H18FN3S/c1-12-7-13(2)21(17(22)16(12)9-19)11-20(3)10-14-5-4-6-15(18)8-14/h4-8H,10-11H2,1-3H3/p+1. The zero-order valence-electron chi connectivity index (χ0n) is 13.0. The molecule has 1 atom stereocenters. The van der Waals surface area contributed by atoms with E-state index in [1.54, 1.807) is 12.1 Å². The van der Waals surface area contributed by atoms with Crippen LogP contribution >= 0.6 is 12.2 Å². The molecule has 0 bridgehead atoms. The van der Waals surface area contributed by atoms with Gasteiger partial charge in [0.15, 0.2) is 6.67 Å². The number of hydrogen-bond donors (Lipinski definition) is 1. The minimum atomic E-state index is -0.222. The second-order valence-corrected chi connectivity index (χ2v) is 6.00. The third-order valence-electron chi connectivity index (χ3n) is 3.64. The number of aromatic nitrogens is 1. The molecule has 2 aromatic rings. The first-order valence-corrected chi connectivity index (χ1v) is 7.50.